The molecule has 0 atom stereocenters. The third-order valence-electron chi connectivity index (χ3n) is 1.65. The average molecular weight is 170 g/mol. The number of aliphatic imine (C=N–C) groups is 1. The molecule has 0 radical (unpaired) electrons. The molecule has 0 aromatic carbocycles. The first-order valence-electron chi connectivity index (χ1n) is 3.60. The van der Waals surface area contributed by atoms with E-state index in [-0.39, 0.29) is 0 Å². The zero-order valence-corrected chi connectivity index (χ0v) is 6.75. The van der Waals surface area contributed by atoms with Gasteiger partial charge in [0, 0.05) is 13.1 Å². The lowest BCUT2D eigenvalue weighted by Gasteiger charge is -2.24. The quantitative estimate of drug-likeness (QED) is 0.536. The van der Waals surface area contributed by atoms with Gasteiger partial charge in [0.2, 0.25) is 0 Å². The van der Waals surface area contributed by atoms with E-state index in [9.17, 15) is 0 Å². The molecule has 0 amide bonds. The number of hydrazone groups is 1. The van der Waals surface area contributed by atoms with Crippen molar-refractivity contribution >= 4 is 22.6 Å². The lowest BCUT2D eigenvalue weighted by molar-refractivity contribution is 0.418. The van der Waals surface area contributed by atoms with Crippen molar-refractivity contribution in [3.63, 3.8) is 0 Å². The van der Waals surface area contributed by atoms with E-state index < -0.39 is 0 Å². The van der Waals surface area contributed by atoms with Crippen molar-refractivity contribution in [2.24, 2.45) is 10.1 Å². The van der Waals surface area contributed by atoms with Crippen molar-refractivity contribution in [3.05, 3.63) is 12.2 Å². The topological polar surface area (TPSA) is 28.0 Å². The minimum Gasteiger partial charge on any atom is -0.267 e. The Morgan fingerprint density at radius 2 is 2.36 bits per heavy atom. The number of fused-ring (bicyclic) bond motifs is 1. The van der Waals surface area contributed by atoms with Gasteiger partial charge in [-0.1, -0.05) is 11.6 Å². The third kappa shape index (κ3) is 1.28. The highest BCUT2D eigenvalue weighted by Gasteiger charge is 2.14. The van der Waals surface area contributed by atoms with Crippen LogP contribution in [-0.4, -0.2) is 29.1 Å². The number of nitrogens with zero attached hydrogens (tertiary/aromatic N) is 3. The van der Waals surface area contributed by atoms with Gasteiger partial charge in [-0.05, 0) is 18.6 Å². The van der Waals surface area contributed by atoms with Crippen LogP contribution in [0.25, 0.3) is 0 Å². The van der Waals surface area contributed by atoms with Crippen LogP contribution in [0.5, 0.6) is 0 Å². The Balaban J connectivity index is 2.28. The van der Waals surface area contributed by atoms with E-state index in [4.69, 9.17) is 11.6 Å². The van der Waals surface area contributed by atoms with Gasteiger partial charge in [0.05, 0.1) is 0 Å². The second-order valence-electron chi connectivity index (χ2n) is 2.47. The second kappa shape index (κ2) is 2.66. The van der Waals surface area contributed by atoms with Crippen molar-refractivity contribution in [1.82, 2.24) is 5.01 Å². The van der Waals surface area contributed by atoms with Gasteiger partial charge in [-0.25, -0.2) is 5.01 Å². The largest absolute Gasteiger partial charge is 0.267 e. The van der Waals surface area contributed by atoms with Crippen molar-refractivity contribution < 1.29 is 0 Å². The molecule has 2 heterocycles. The molecule has 0 bridgehead atoms. The molecule has 11 heavy (non-hydrogen) atoms. The maximum Gasteiger partial charge on any atom is 0.149 e. The fraction of sp³-hybridized carbons (Fsp3) is 0.429. The molecule has 3 nitrogen and oxygen atoms in total. The molecule has 0 saturated carbocycles. The SMILES string of the molecule is ClC1=NN2CCCN=C2C=C1. The summed E-state index contributed by atoms with van der Waals surface area (Å²) in [5.41, 5.74) is 0. The smallest absolute Gasteiger partial charge is 0.149 e. The van der Waals surface area contributed by atoms with Gasteiger partial charge in [0.25, 0.3) is 0 Å². The Labute approximate surface area is 70.1 Å². The molecular formula is C7H8ClN3. The maximum absolute atomic E-state index is 5.70. The third-order valence-corrected chi connectivity index (χ3v) is 1.85. The Bertz CT molecular complexity index is 254. The summed E-state index contributed by atoms with van der Waals surface area (Å²) in [4.78, 5) is 4.28. The molecule has 58 valence electrons. The highest BCUT2D eigenvalue weighted by Crippen LogP contribution is 2.10. The van der Waals surface area contributed by atoms with Gasteiger partial charge >= 0.3 is 0 Å². The van der Waals surface area contributed by atoms with Crippen LogP contribution in [0.1, 0.15) is 6.42 Å². The van der Waals surface area contributed by atoms with Crippen molar-refractivity contribution in [3.8, 4) is 0 Å². The summed E-state index contributed by atoms with van der Waals surface area (Å²) in [6, 6.07) is 0. The van der Waals surface area contributed by atoms with Crippen LogP contribution in [0.15, 0.2) is 22.2 Å². The Hall–Kier alpha value is -0.830. The molecule has 0 aliphatic carbocycles. The van der Waals surface area contributed by atoms with Crippen LogP contribution in [0, 0.1) is 0 Å². The summed E-state index contributed by atoms with van der Waals surface area (Å²) in [6.45, 7) is 1.84. The lowest BCUT2D eigenvalue weighted by Crippen LogP contribution is -2.32. The van der Waals surface area contributed by atoms with Crippen LogP contribution in [0.3, 0.4) is 0 Å². The van der Waals surface area contributed by atoms with E-state index in [1.807, 2.05) is 11.1 Å². The van der Waals surface area contributed by atoms with Crippen LogP contribution in [-0.2, 0) is 0 Å². The van der Waals surface area contributed by atoms with Gasteiger partial charge in [-0.2, -0.15) is 5.10 Å². The predicted molar refractivity (Wildman–Crippen MR) is 46.1 cm³/mol. The zero-order valence-electron chi connectivity index (χ0n) is 6.00. The number of hydrogen-bond acceptors (Lipinski definition) is 3. The number of amidine groups is 1. The minimum atomic E-state index is 0.533. The van der Waals surface area contributed by atoms with Crippen molar-refractivity contribution in [2.75, 3.05) is 13.1 Å². The Morgan fingerprint density at radius 1 is 1.45 bits per heavy atom. The van der Waals surface area contributed by atoms with Gasteiger partial charge in [-0.15, -0.1) is 0 Å². The molecule has 0 fully saturated rings. The van der Waals surface area contributed by atoms with E-state index in [0.717, 1.165) is 25.3 Å². The van der Waals surface area contributed by atoms with E-state index in [1.54, 1.807) is 6.08 Å². The standard InChI is InChI=1S/C7H8ClN3/c8-6-2-3-7-9-4-1-5-11(7)10-6/h2-3H,1,4-5H2. The molecule has 4 heteroatoms. The first-order chi connectivity index (χ1) is 5.36. The summed E-state index contributed by atoms with van der Waals surface area (Å²) < 4.78 is 0. The predicted octanol–water partition coefficient (Wildman–Crippen LogP) is 1.21. The molecule has 2 aliphatic heterocycles. The summed E-state index contributed by atoms with van der Waals surface area (Å²) in [5.74, 6) is 0.931. The summed E-state index contributed by atoms with van der Waals surface area (Å²) in [7, 11) is 0. The number of allylic oxidation sites excluding steroid dienone is 1. The van der Waals surface area contributed by atoms with Crippen LogP contribution in [0.2, 0.25) is 0 Å². The second-order valence-corrected chi connectivity index (χ2v) is 2.86. The first-order valence-corrected chi connectivity index (χ1v) is 3.98. The highest BCUT2D eigenvalue weighted by atomic mass is 35.5. The van der Waals surface area contributed by atoms with Gasteiger partial charge in [0.1, 0.15) is 11.0 Å². The summed E-state index contributed by atoms with van der Waals surface area (Å²) >= 11 is 5.70. The van der Waals surface area contributed by atoms with Gasteiger partial charge in [0.15, 0.2) is 0 Å². The highest BCUT2D eigenvalue weighted by molar-refractivity contribution is 6.68. The number of hydrogen-bond donors (Lipinski definition) is 0. The van der Waals surface area contributed by atoms with E-state index >= 15 is 0 Å². The van der Waals surface area contributed by atoms with Crippen LogP contribution < -0.4 is 0 Å². The van der Waals surface area contributed by atoms with Crippen molar-refractivity contribution in [2.45, 2.75) is 6.42 Å². The number of rotatable bonds is 0. The molecular weight excluding hydrogens is 162 g/mol. The zero-order chi connectivity index (χ0) is 7.68. The van der Waals surface area contributed by atoms with Crippen LogP contribution in [0.4, 0.5) is 0 Å². The van der Waals surface area contributed by atoms with E-state index in [1.165, 1.54) is 0 Å². The first kappa shape index (κ1) is 6.85. The van der Waals surface area contributed by atoms with Gasteiger partial charge in [-0.3, -0.25) is 4.99 Å². The Morgan fingerprint density at radius 3 is 3.27 bits per heavy atom. The molecule has 0 unspecified atom stereocenters. The van der Waals surface area contributed by atoms with E-state index in [2.05, 4.69) is 10.1 Å². The number of halogens is 1. The van der Waals surface area contributed by atoms with Crippen molar-refractivity contribution in [1.29, 1.82) is 0 Å². The fourth-order valence-corrected chi connectivity index (χ4v) is 1.30. The summed E-state index contributed by atoms with van der Waals surface area (Å²) in [6.07, 6.45) is 4.72. The van der Waals surface area contributed by atoms with Crippen LogP contribution >= 0.6 is 11.6 Å². The molecule has 0 N–H and O–H groups in total. The minimum absolute atomic E-state index is 0.533. The lowest BCUT2D eigenvalue weighted by atomic mass is 10.3. The van der Waals surface area contributed by atoms with E-state index in [0.29, 0.717) is 5.17 Å². The molecule has 0 aromatic heterocycles. The average Bonchev–Trinajstić information content (AvgIpc) is 2.04. The summed E-state index contributed by atoms with van der Waals surface area (Å²) in [5, 5.41) is 6.47. The fourth-order valence-electron chi connectivity index (χ4n) is 1.14. The molecule has 2 rings (SSSR count). The monoisotopic (exact) mass is 169 g/mol. The molecule has 0 saturated heterocycles. The molecule has 0 spiro atoms. The Kier molecular flexibility index (Phi) is 1.66. The molecule has 2 aliphatic rings. The molecule has 0 aromatic rings. The van der Waals surface area contributed by atoms with Gasteiger partial charge < -0.3 is 0 Å². The normalized spacial score (nSPS) is 22.5. The maximum atomic E-state index is 5.70.